The third-order valence-electron chi connectivity index (χ3n) is 4.23. The first-order valence-corrected chi connectivity index (χ1v) is 9.17. The summed E-state index contributed by atoms with van der Waals surface area (Å²) in [6.45, 7) is 3.80. The Morgan fingerprint density at radius 2 is 1.76 bits per heavy atom. The van der Waals surface area contributed by atoms with Crippen LogP contribution in [0.4, 0.5) is 5.69 Å². The van der Waals surface area contributed by atoms with Crippen molar-refractivity contribution in [3.05, 3.63) is 76.8 Å². The lowest BCUT2D eigenvalue weighted by Crippen LogP contribution is -2.27. The van der Waals surface area contributed by atoms with Gasteiger partial charge in [0.15, 0.2) is 5.78 Å². The lowest BCUT2D eigenvalue weighted by Gasteiger charge is -2.09. The third-order valence-corrected chi connectivity index (χ3v) is 4.23. The molecule has 3 aromatic rings. The second kappa shape index (κ2) is 8.97. The number of carbonyl (C=O) groups is 2. The Hall–Kier alpha value is -3.74. The van der Waals surface area contributed by atoms with E-state index in [4.69, 9.17) is 4.74 Å². The van der Waals surface area contributed by atoms with Gasteiger partial charge in [-0.25, -0.2) is 4.98 Å². The molecule has 29 heavy (non-hydrogen) atoms. The van der Waals surface area contributed by atoms with Crippen molar-refractivity contribution in [2.75, 3.05) is 11.9 Å². The van der Waals surface area contributed by atoms with E-state index < -0.39 is 0 Å². The molecule has 148 valence electrons. The van der Waals surface area contributed by atoms with Gasteiger partial charge in [0.05, 0.1) is 18.6 Å². The fourth-order valence-electron chi connectivity index (χ4n) is 2.73. The number of ketones is 1. The first-order chi connectivity index (χ1) is 14.0. The van der Waals surface area contributed by atoms with E-state index in [-0.39, 0.29) is 23.8 Å². The van der Waals surface area contributed by atoms with Crippen LogP contribution in [0.3, 0.4) is 0 Å². The molecule has 0 atom stereocenters. The van der Waals surface area contributed by atoms with Gasteiger partial charge in [0.2, 0.25) is 5.91 Å². The second-order valence-electron chi connectivity index (χ2n) is 6.38. The highest BCUT2D eigenvalue weighted by Gasteiger charge is 2.08. The molecule has 0 fully saturated rings. The maximum absolute atomic E-state index is 12.4. The molecule has 1 N–H and O–H groups in total. The summed E-state index contributed by atoms with van der Waals surface area (Å²) in [6.07, 6.45) is 1.35. The van der Waals surface area contributed by atoms with Gasteiger partial charge in [-0.05, 0) is 62.4 Å². The zero-order chi connectivity index (χ0) is 20.8. The van der Waals surface area contributed by atoms with Gasteiger partial charge in [0.1, 0.15) is 12.3 Å². The van der Waals surface area contributed by atoms with E-state index in [9.17, 15) is 14.4 Å². The molecule has 0 unspecified atom stereocenters. The Bertz CT molecular complexity index is 1070. The Kier molecular flexibility index (Phi) is 6.19. The van der Waals surface area contributed by atoms with Crippen molar-refractivity contribution in [1.29, 1.82) is 0 Å². The van der Waals surface area contributed by atoms with Gasteiger partial charge in [-0.1, -0.05) is 0 Å². The minimum atomic E-state index is -0.363. The first-order valence-electron chi connectivity index (χ1n) is 9.17. The van der Waals surface area contributed by atoms with Crippen molar-refractivity contribution in [3.63, 3.8) is 0 Å². The molecular weight excluding hydrogens is 370 g/mol. The summed E-state index contributed by atoms with van der Waals surface area (Å²) < 4.78 is 6.64. The molecule has 0 spiro atoms. The molecule has 1 amide bonds. The Morgan fingerprint density at radius 1 is 1.07 bits per heavy atom. The van der Waals surface area contributed by atoms with Crippen molar-refractivity contribution in [3.8, 4) is 17.0 Å². The van der Waals surface area contributed by atoms with Crippen molar-refractivity contribution in [1.82, 2.24) is 9.55 Å². The number of ether oxygens (including phenoxy) is 1. The third kappa shape index (κ3) is 5.16. The van der Waals surface area contributed by atoms with Crippen LogP contribution in [0.25, 0.3) is 11.3 Å². The fraction of sp³-hybridized carbons (Fsp3) is 0.182. The predicted octanol–water partition coefficient (Wildman–Crippen LogP) is 3.15. The number of nitrogens with zero attached hydrogens (tertiary/aromatic N) is 2. The van der Waals surface area contributed by atoms with Gasteiger partial charge in [0, 0.05) is 22.9 Å². The molecular formula is C22H21N3O4. The minimum absolute atomic E-state index is 0.0480. The minimum Gasteiger partial charge on any atom is -0.494 e. The molecule has 3 rings (SSSR count). The van der Waals surface area contributed by atoms with Crippen LogP contribution in [0.2, 0.25) is 0 Å². The number of nitrogens with one attached hydrogen (secondary N) is 1. The molecule has 2 aromatic carbocycles. The van der Waals surface area contributed by atoms with Gasteiger partial charge in [-0.15, -0.1) is 0 Å². The highest BCUT2D eigenvalue weighted by Crippen LogP contribution is 2.19. The SMILES string of the molecule is CCOc1ccc(-c2cc(=O)n(CC(=O)Nc3ccc(C(C)=O)cc3)cn2)cc1. The average Bonchev–Trinajstić information content (AvgIpc) is 2.71. The quantitative estimate of drug-likeness (QED) is 0.625. The van der Waals surface area contributed by atoms with Crippen molar-refractivity contribution >= 4 is 17.4 Å². The molecule has 1 heterocycles. The standard InChI is InChI=1S/C22H21N3O4/c1-3-29-19-10-6-17(7-11-19)20-12-22(28)25(14-23-20)13-21(27)24-18-8-4-16(5-9-18)15(2)26/h4-12,14H,3,13H2,1-2H3,(H,24,27). The summed E-state index contributed by atoms with van der Waals surface area (Å²) in [5, 5.41) is 2.70. The molecule has 0 saturated carbocycles. The number of Topliss-reactive ketones (excluding diaryl/α,β-unsaturated/α-hetero) is 1. The zero-order valence-electron chi connectivity index (χ0n) is 16.2. The van der Waals surface area contributed by atoms with Crippen LogP contribution in [0.1, 0.15) is 24.2 Å². The van der Waals surface area contributed by atoms with Gasteiger partial charge in [-0.2, -0.15) is 0 Å². The molecule has 0 aliphatic heterocycles. The molecule has 0 radical (unpaired) electrons. The van der Waals surface area contributed by atoms with Crippen molar-refractivity contribution < 1.29 is 14.3 Å². The van der Waals surface area contributed by atoms with E-state index in [1.807, 2.05) is 31.2 Å². The number of benzene rings is 2. The normalized spacial score (nSPS) is 10.4. The Balaban J connectivity index is 1.67. The summed E-state index contributed by atoms with van der Waals surface area (Å²) in [7, 11) is 0. The summed E-state index contributed by atoms with van der Waals surface area (Å²) in [5.41, 5.74) is 2.09. The number of hydrogen-bond donors (Lipinski definition) is 1. The van der Waals surface area contributed by atoms with Gasteiger partial charge in [0.25, 0.3) is 5.56 Å². The Labute approximate surface area is 168 Å². The maximum Gasteiger partial charge on any atom is 0.254 e. The van der Waals surface area contributed by atoms with E-state index >= 15 is 0 Å². The first kappa shape index (κ1) is 20.0. The summed E-state index contributed by atoms with van der Waals surface area (Å²) in [6, 6.07) is 15.2. The number of amides is 1. The average molecular weight is 391 g/mol. The van der Waals surface area contributed by atoms with Crippen LogP contribution in [-0.4, -0.2) is 27.8 Å². The molecule has 7 heteroatoms. The number of aromatic nitrogens is 2. The summed E-state index contributed by atoms with van der Waals surface area (Å²) in [5.74, 6) is 0.337. The van der Waals surface area contributed by atoms with Crippen LogP contribution >= 0.6 is 0 Å². The van der Waals surface area contributed by atoms with E-state index in [0.29, 0.717) is 23.6 Å². The molecule has 0 aliphatic rings. The highest BCUT2D eigenvalue weighted by atomic mass is 16.5. The number of carbonyl (C=O) groups excluding carboxylic acids is 2. The van der Waals surface area contributed by atoms with Crippen LogP contribution in [0.15, 0.2) is 65.7 Å². The van der Waals surface area contributed by atoms with Crippen molar-refractivity contribution in [2.45, 2.75) is 20.4 Å². The molecule has 0 saturated heterocycles. The smallest absolute Gasteiger partial charge is 0.254 e. The van der Waals surface area contributed by atoms with E-state index in [1.54, 1.807) is 24.3 Å². The van der Waals surface area contributed by atoms with E-state index in [2.05, 4.69) is 10.3 Å². The summed E-state index contributed by atoms with van der Waals surface area (Å²) in [4.78, 5) is 40.2. The molecule has 0 aliphatic carbocycles. The second-order valence-corrected chi connectivity index (χ2v) is 6.38. The number of anilines is 1. The lowest BCUT2D eigenvalue weighted by molar-refractivity contribution is -0.116. The number of rotatable bonds is 7. The van der Waals surface area contributed by atoms with Gasteiger partial charge in [-0.3, -0.25) is 19.0 Å². The van der Waals surface area contributed by atoms with Crippen LogP contribution in [-0.2, 0) is 11.3 Å². The molecule has 0 bridgehead atoms. The maximum atomic E-state index is 12.4. The summed E-state index contributed by atoms with van der Waals surface area (Å²) >= 11 is 0. The van der Waals surface area contributed by atoms with E-state index in [1.165, 1.54) is 23.9 Å². The molecule has 1 aromatic heterocycles. The predicted molar refractivity (Wildman–Crippen MR) is 110 cm³/mol. The monoisotopic (exact) mass is 391 g/mol. The fourth-order valence-corrected chi connectivity index (χ4v) is 2.73. The van der Waals surface area contributed by atoms with Crippen LogP contribution in [0, 0.1) is 0 Å². The highest BCUT2D eigenvalue weighted by molar-refractivity contribution is 5.95. The van der Waals surface area contributed by atoms with Gasteiger partial charge >= 0.3 is 0 Å². The van der Waals surface area contributed by atoms with Crippen LogP contribution in [0.5, 0.6) is 5.75 Å². The topological polar surface area (TPSA) is 90.3 Å². The van der Waals surface area contributed by atoms with Crippen LogP contribution < -0.4 is 15.6 Å². The number of hydrogen-bond acceptors (Lipinski definition) is 5. The Morgan fingerprint density at radius 3 is 2.34 bits per heavy atom. The van der Waals surface area contributed by atoms with Gasteiger partial charge < -0.3 is 10.1 Å². The van der Waals surface area contributed by atoms with Crippen molar-refractivity contribution in [2.24, 2.45) is 0 Å². The zero-order valence-corrected chi connectivity index (χ0v) is 16.2. The molecule has 7 nitrogen and oxygen atoms in total. The lowest BCUT2D eigenvalue weighted by atomic mass is 10.1. The van der Waals surface area contributed by atoms with E-state index in [0.717, 1.165) is 11.3 Å². The largest absolute Gasteiger partial charge is 0.494 e.